The highest BCUT2D eigenvalue weighted by molar-refractivity contribution is 5.58. The fourth-order valence-corrected chi connectivity index (χ4v) is 1.94. The van der Waals surface area contributed by atoms with Gasteiger partial charge >= 0.3 is 0 Å². The van der Waals surface area contributed by atoms with Crippen LogP contribution in [0.3, 0.4) is 0 Å². The summed E-state index contributed by atoms with van der Waals surface area (Å²) in [6.45, 7) is 0. The van der Waals surface area contributed by atoms with Crippen LogP contribution >= 0.6 is 0 Å². The molecule has 2 aromatic rings. The first-order chi connectivity index (χ1) is 7.75. The molecule has 1 aliphatic rings. The molecule has 78 valence electrons. The van der Waals surface area contributed by atoms with Gasteiger partial charge in [0.15, 0.2) is 11.5 Å². The summed E-state index contributed by atoms with van der Waals surface area (Å²) in [4.78, 5) is 0. The van der Waals surface area contributed by atoms with E-state index in [4.69, 9.17) is 4.74 Å². The van der Waals surface area contributed by atoms with Crippen LogP contribution in [0.15, 0.2) is 36.4 Å². The average Bonchev–Trinajstić information content (AvgIpc) is 2.28. The van der Waals surface area contributed by atoms with Crippen LogP contribution in [-0.2, 0) is 16.6 Å². The van der Waals surface area contributed by atoms with E-state index in [1.54, 1.807) is 12.1 Å². The molecule has 0 fully saturated rings. The summed E-state index contributed by atoms with van der Waals surface area (Å²) in [5.74, 6) is 0.231. The molecule has 0 unspecified atom stereocenters. The highest BCUT2D eigenvalue weighted by Crippen LogP contribution is 2.45. The van der Waals surface area contributed by atoms with Crippen molar-refractivity contribution in [2.45, 2.75) is 6.42 Å². The predicted octanol–water partition coefficient (Wildman–Crippen LogP) is 3.67. The second-order valence-electron chi connectivity index (χ2n) is 3.77. The van der Waals surface area contributed by atoms with Crippen molar-refractivity contribution in [3.05, 3.63) is 47.5 Å². The Morgan fingerprint density at radius 3 is 1.81 bits per heavy atom. The Labute approximate surface area is 92.5 Å². The number of hydrogen-bond acceptors (Lipinski definition) is 1. The van der Waals surface area contributed by atoms with E-state index in [0.29, 0.717) is 17.9 Å². The molecule has 0 aromatic heterocycles. The van der Waals surface area contributed by atoms with E-state index in [2.05, 4.69) is 0 Å². The Morgan fingerprint density at radius 2 is 1.31 bits per heavy atom. The van der Waals surface area contributed by atoms with Gasteiger partial charge in [-0.2, -0.15) is 0 Å². The van der Waals surface area contributed by atoms with Crippen molar-refractivity contribution in [2.75, 3.05) is 0 Å². The zero-order valence-corrected chi connectivity index (χ0v) is 8.40. The lowest BCUT2D eigenvalue weighted by Gasteiger charge is -2.19. The van der Waals surface area contributed by atoms with Crippen LogP contribution in [0.25, 0.3) is 0 Å². The van der Waals surface area contributed by atoms with Crippen molar-refractivity contribution in [1.29, 1.82) is 0 Å². The summed E-state index contributed by atoms with van der Waals surface area (Å²) in [5, 5.41) is 23.1. The number of hydrogen-bond donors (Lipinski definition) is 0. The van der Waals surface area contributed by atoms with Crippen LogP contribution in [0, 0.1) is 0 Å². The lowest BCUT2D eigenvalue weighted by molar-refractivity contribution is 0.303. The zero-order chi connectivity index (χ0) is 11.1. The third-order valence-corrected chi connectivity index (χ3v) is 2.71. The van der Waals surface area contributed by atoms with Gasteiger partial charge in [-0.1, -0.05) is 24.3 Å². The normalized spacial score (nSPS) is 12.5. The van der Waals surface area contributed by atoms with Crippen LogP contribution < -0.4 is 4.74 Å². The van der Waals surface area contributed by atoms with E-state index in [1.807, 2.05) is 12.1 Å². The zero-order valence-electron chi connectivity index (χ0n) is 8.40. The first-order valence-electron chi connectivity index (χ1n) is 5.01. The molecule has 1 aliphatic heterocycles. The quantitative estimate of drug-likeness (QED) is 0.560. The fraction of sp³-hybridized carbons (Fsp3) is 0.0769. The molecule has 3 nitrogen and oxygen atoms in total. The lowest BCUT2D eigenvalue weighted by Crippen LogP contribution is -2.02. The van der Waals surface area contributed by atoms with Crippen molar-refractivity contribution in [1.82, 2.24) is 0 Å². The fourth-order valence-electron chi connectivity index (χ4n) is 1.94. The number of rotatable bonds is 0. The van der Waals surface area contributed by atoms with E-state index < -0.39 is 0 Å². The number of benzene rings is 2. The first-order valence-corrected chi connectivity index (χ1v) is 5.01. The van der Waals surface area contributed by atoms with Crippen molar-refractivity contribution in [3.63, 3.8) is 0 Å². The molecular formula is C13H8O3. The van der Waals surface area contributed by atoms with Crippen LogP contribution in [-0.4, -0.2) is 0 Å². The highest BCUT2D eigenvalue weighted by atomic mass is 16.5. The summed E-state index contributed by atoms with van der Waals surface area (Å²) >= 11 is 0. The maximum atomic E-state index is 11.6. The van der Waals surface area contributed by atoms with Gasteiger partial charge in [-0.15, -0.1) is 0 Å². The molecule has 3 heteroatoms. The third kappa shape index (κ3) is 1.21. The molecule has 0 saturated carbocycles. The van der Waals surface area contributed by atoms with Gasteiger partial charge < -0.3 is 4.74 Å². The average molecular weight is 212 g/mol. The summed E-state index contributed by atoms with van der Waals surface area (Å²) in [6.07, 6.45) is 0.580. The molecule has 2 radical (unpaired) electrons. The van der Waals surface area contributed by atoms with E-state index in [-0.39, 0.29) is 11.5 Å². The molecule has 0 N–H and O–H groups in total. The SMILES string of the molecule is [O]c1cccc2c1Oc1c([O])cccc1C2. The summed E-state index contributed by atoms with van der Waals surface area (Å²) in [5.41, 5.74) is 1.68. The summed E-state index contributed by atoms with van der Waals surface area (Å²) < 4.78 is 5.41. The molecule has 0 saturated heterocycles. The number of para-hydroxylation sites is 2. The summed E-state index contributed by atoms with van der Waals surface area (Å²) in [7, 11) is 0. The molecule has 0 amide bonds. The Balaban J connectivity index is 2.17. The van der Waals surface area contributed by atoms with Gasteiger partial charge in [0.05, 0.1) is 0 Å². The van der Waals surface area contributed by atoms with Gasteiger partial charge in [-0.3, -0.25) is 10.2 Å². The van der Waals surface area contributed by atoms with Crippen LogP contribution in [0.5, 0.6) is 23.0 Å². The third-order valence-electron chi connectivity index (χ3n) is 2.71. The van der Waals surface area contributed by atoms with Gasteiger partial charge in [0.2, 0.25) is 11.5 Å². The molecule has 0 bridgehead atoms. The Bertz CT molecular complexity index is 512. The van der Waals surface area contributed by atoms with Gasteiger partial charge in [0.1, 0.15) is 0 Å². The predicted molar refractivity (Wildman–Crippen MR) is 56.0 cm³/mol. The topological polar surface area (TPSA) is 49.0 Å². The number of ether oxygens (including phenoxy) is 1. The van der Waals surface area contributed by atoms with E-state index in [9.17, 15) is 10.2 Å². The second kappa shape index (κ2) is 3.17. The number of fused-ring (bicyclic) bond motifs is 2. The van der Waals surface area contributed by atoms with Gasteiger partial charge in [0.25, 0.3) is 0 Å². The molecular weight excluding hydrogens is 204 g/mol. The smallest absolute Gasteiger partial charge is 0.221 e. The Hall–Kier alpha value is -2.16. The minimum Gasteiger partial charge on any atom is -0.449 e. The standard InChI is InChI=1S/C13H8O3/c14-10-5-1-3-8-7-9-4-2-6-11(15)13(9)16-12(8)10/h1-6H,7H2. The van der Waals surface area contributed by atoms with Crippen molar-refractivity contribution >= 4 is 0 Å². The van der Waals surface area contributed by atoms with Crippen LogP contribution in [0.2, 0.25) is 0 Å². The Morgan fingerprint density at radius 1 is 0.812 bits per heavy atom. The minimum absolute atomic E-state index is 0.175. The molecule has 3 rings (SSSR count). The largest absolute Gasteiger partial charge is 0.449 e. The summed E-state index contributed by atoms with van der Waals surface area (Å²) in [6, 6.07) is 9.98. The molecule has 0 atom stereocenters. The van der Waals surface area contributed by atoms with E-state index >= 15 is 0 Å². The van der Waals surface area contributed by atoms with Crippen molar-refractivity contribution in [2.24, 2.45) is 0 Å². The molecule has 1 heterocycles. The lowest BCUT2D eigenvalue weighted by atomic mass is 10.00. The van der Waals surface area contributed by atoms with Gasteiger partial charge in [-0.05, 0) is 12.1 Å². The van der Waals surface area contributed by atoms with Crippen molar-refractivity contribution < 1.29 is 14.9 Å². The maximum Gasteiger partial charge on any atom is 0.221 e. The van der Waals surface area contributed by atoms with E-state index in [1.165, 1.54) is 12.1 Å². The first kappa shape index (κ1) is 9.09. The van der Waals surface area contributed by atoms with Gasteiger partial charge in [-0.25, -0.2) is 0 Å². The van der Waals surface area contributed by atoms with Crippen molar-refractivity contribution in [3.8, 4) is 23.0 Å². The maximum absolute atomic E-state index is 11.6. The molecule has 16 heavy (non-hydrogen) atoms. The molecule has 2 aromatic carbocycles. The van der Waals surface area contributed by atoms with Gasteiger partial charge in [0, 0.05) is 17.5 Å². The van der Waals surface area contributed by atoms with Crippen LogP contribution in [0.1, 0.15) is 11.1 Å². The monoisotopic (exact) mass is 212 g/mol. The highest BCUT2D eigenvalue weighted by Gasteiger charge is 2.23. The Kier molecular flexibility index (Phi) is 1.80. The van der Waals surface area contributed by atoms with Crippen LogP contribution in [0.4, 0.5) is 0 Å². The minimum atomic E-state index is -0.175. The molecule has 0 aliphatic carbocycles. The van der Waals surface area contributed by atoms with E-state index in [0.717, 1.165) is 11.1 Å². The molecule has 0 spiro atoms. The second-order valence-corrected chi connectivity index (χ2v) is 3.77.